The molecular weight excluding hydrogens is 434 g/mol. The Hall–Kier alpha value is -2.81. The van der Waals surface area contributed by atoms with Crippen LogP contribution in [-0.2, 0) is 9.53 Å². The molecule has 1 aromatic heterocycles. The number of carbonyl (C=O) groups is 1. The van der Waals surface area contributed by atoms with Crippen molar-refractivity contribution in [3.63, 3.8) is 0 Å². The maximum absolute atomic E-state index is 12.5. The Bertz CT molecular complexity index is 1050. The molecule has 3 rings (SSSR count). The molecule has 1 aliphatic heterocycles. The van der Waals surface area contributed by atoms with Crippen molar-refractivity contribution in [2.24, 2.45) is 0 Å². The van der Waals surface area contributed by atoms with Crippen molar-refractivity contribution in [3.8, 4) is 11.5 Å². The van der Waals surface area contributed by atoms with Gasteiger partial charge < -0.3 is 29.7 Å². The molecule has 1 unspecified atom stereocenters. The summed E-state index contributed by atoms with van der Waals surface area (Å²) < 4.78 is 34.2. The van der Waals surface area contributed by atoms with E-state index in [9.17, 15) is 4.79 Å². The second kappa shape index (κ2) is 11.6. The lowest BCUT2D eigenvalue weighted by molar-refractivity contribution is -0.139. The number of nitrogens with one attached hydrogen (secondary N) is 2. The number of ether oxygens (including phenoxy) is 3. The standard InChI is InChI=1S/C25H39N5O4/c1-7-30(13-10-12-27-23(31)25(5)11-9-14-33-25)24-28-19-16-21(34-17(3)4)20(32-8-2)15-18(19)22(26-6)29-24/h15-17H,7-14H2,1-6H3,(H,27,31)(H,26,28,29)/i7D2. The third-order valence-corrected chi connectivity index (χ3v) is 5.70. The monoisotopic (exact) mass is 475 g/mol. The summed E-state index contributed by atoms with van der Waals surface area (Å²) in [5.74, 6) is 1.85. The minimum Gasteiger partial charge on any atom is -0.490 e. The van der Waals surface area contributed by atoms with Crippen molar-refractivity contribution in [2.75, 3.05) is 50.1 Å². The van der Waals surface area contributed by atoms with Gasteiger partial charge in [0.1, 0.15) is 11.4 Å². The average molecular weight is 476 g/mol. The lowest BCUT2D eigenvalue weighted by Crippen LogP contribution is -2.44. The predicted octanol–water partition coefficient (Wildman–Crippen LogP) is 3.76. The van der Waals surface area contributed by atoms with Crippen molar-refractivity contribution in [1.29, 1.82) is 0 Å². The Morgan fingerprint density at radius 2 is 2.12 bits per heavy atom. The summed E-state index contributed by atoms with van der Waals surface area (Å²) >= 11 is 0. The molecule has 1 amide bonds. The second-order valence-electron chi connectivity index (χ2n) is 8.71. The fourth-order valence-corrected chi connectivity index (χ4v) is 3.95. The number of amides is 1. The van der Waals surface area contributed by atoms with E-state index in [1.54, 1.807) is 13.1 Å². The number of benzene rings is 1. The van der Waals surface area contributed by atoms with Crippen LogP contribution >= 0.6 is 0 Å². The summed E-state index contributed by atoms with van der Waals surface area (Å²) in [6, 6.07) is 3.65. The second-order valence-corrected chi connectivity index (χ2v) is 8.71. The van der Waals surface area contributed by atoms with Crippen LogP contribution in [0.2, 0.25) is 0 Å². The van der Waals surface area contributed by atoms with Gasteiger partial charge in [-0.15, -0.1) is 0 Å². The number of rotatable bonds is 12. The van der Waals surface area contributed by atoms with Crippen molar-refractivity contribution in [3.05, 3.63) is 12.1 Å². The summed E-state index contributed by atoms with van der Waals surface area (Å²) in [5, 5.41) is 6.76. The molecule has 2 aromatic rings. The molecule has 2 N–H and O–H groups in total. The first-order chi connectivity index (χ1) is 17.0. The zero-order valence-corrected chi connectivity index (χ0v) is 21.2. The molecule has 9 heteroatoms. The van der Waals surface area contributed by atoms with Crippen LogP contribution in [0.1, 0.15) is 56.6 Å². The highest BCUT2D eigenvalue weighted by molar-refractivity contribution is 5.92. The number of anilines is 2. The molecular formula is C25H39N5O4. The molecule has 188 valence electrons. The van der Waals surface area contributed by atoms with E-state index in [2.05, 4.69) is 15.6 Å². The molecule has 0 bridgehead atoms. The van der Waals surface area contributed by atoms with Crippen LogP contribution in [0.15, 0.2) is 12.1 Å². The SMILES string of the molecule is [2H]C([2H])(C)N(CCCNC(=O)C1(C)CCCO1)c1nc(NC)c2cc(OCC)c(OC(C)C)cc2n1. The van der Waals surface area contributed by atoms with Crippen LogP contribution in [0, 0.1) is 0 Å². The molecule has 1 aliphatic rings. The minimum atomic E-state index is -1.73. The smallest absolute Gasteiger partial charge is 0.251 e. The van der Waals surface area contributed by atoms with Gasteiger partial charge in [0.2, 0.25) is 5.95 Å². The first kappa shape index (κ1) is 23.0. The summed E-state index contributed by atoms with van der Waals surface area (Å²) in [4.78, 5) is 23.3. The fraction of sp³-hybridized carbons (Fsp3) is 0.640. The molecule has 1 fully saturated rings. The molecule has 9 nitrogen and oxygen atoms in total. The minimum absolute atomic E-state index is 0.0555. The highest BCUT2D eigenvalue weighted by Crippen LogP contribution is 2.36. The maximum atomic E-state index is 12.5. The van der Waals surface area contributed by atoms with Gasteiger partial charge in [-0.25, -0.2) is 4.98 Å². The Kier molecular flexibility index (Phi) is 7.80. The summed E-state index contributed by atoms with van der Waals surface area (Å²) in [6.45, 7) is 9.11. The van der Waals surface area contributed by atoms with Gasteiger partial charge >= 0.3 is 0 Å². The molecule has 0 saturated carbocycles. The molecule has 34 heavy (non-hydrogen) atoms. The van der Waals surface area contributed by atoms with E-state index in [0.29, 0.717) is 62.0 Å². The third-order valence-electron chi connectivity index (χ3n) is 5.70. The molecule has 0 spiro atoms. The molecule has 0 radical (unpaired) electrons. The number of hydrogen-bond donors (Lipinski definition) is 2. The molecule has 2 heterocycles. The molecule has 1 aromatic carbocycles. The van der Waals surface area contributed by atoms with Gasteiger partial charge in [-0.1, -0.05) is 0 Å². The number of aromatic nitrogens is 2. The number of hydrogen-bond acceptors (Lipinski definition) is 8. The quantitative estimate of drug-likeness (QED) is 0.448. The van der Waals surface area contributed by atoms with E-state index in [4.69, 9.17) is 21.9 Å². The Morgan fingerprint density at radius 1 is 1.32 bits per heavy atom. The van der Waals surface area contributed by atoms with Gasteiger partial charge in [-0.05, 0) is 59.9 Å². The normalized spacial score (nSPS) is 19.0. The van der Waals surface area contributed by atoms with E-state index in [1.807, 2.05) is 33.8 Å². The Balaban J connectivity index is 1.86. The topological polar surface area (TPSA) is 97.8 Å². The van der Waals surface area contributed by atoms with Crippen molar-refractivity contribution < 1.29 is 21.7 Å². The van der Waals surface area contributed by atoms with Crippen molar-refractivity contribution in [1.82, 2.24) is 15.3 Å². The highest BCUT2D eigenvalue weighted by Gasteiger charge is 2.37. The first-order valence-corrected chi connectivity index (χ1v) is 12.0. The van der Waals surface area contributed by atoms with Crippen molar-refractivity contribution >= 4 is 28.6 Å². The molecule has 1 saturated heterocycles. The predicted molar refractivity (Wildman–Crippen MR) is 135 cm³/mol. The van der Waals surface area contributed by atoms with Gasteiger partial charge in [0.25, 0.3) is 5.91 Å². The number of fused-ring (bicyclic) bond motifs is 1. The van der Waals surface area contributed by atoms with Gasteiger partial charge in [-0.2, -0.15) is 4.98 Å². The van der Waals surface area contributed by atoms with Crippen LogP contribution < -0.4 is 25.0 Å². The van der Waals surface area contributed by atoms with E-state index >= 15 is 0 Å². The summed E-state index contributed by atoms with van der Waals surface area (Å²) in [7, 11) is 1.76. The zero-order valence-electron chi connectivity index (χ0n) is 23.2. The molecule has 1 atom stereocenters. The lowest BCUT2D eigenvalue weighted by Gasteiger charge is -2.24. The fourth-order valence-electron chi connectivity index (χ4n) is 3.95. The van der Waals surface area contributed by atoms with E-state index in [1.165, 1.54) is 11.8 Å². The van der Waals surface area contributed by atoms with Gasteiger partial charge in [-0.3, -0.25) is 4.79 Å². The van der Waals surface area contributed by atoms with Gasteiger partial charge in [0.15, 0.2) is 11.5 Å². The van der Waals surface area contributed by atoms with E-state index < -0.39 is 12.1 Å². The van der Waals surface area contributed by atoms with Crippen LogP contribution in [0.4, 0.5) is 11.8 Å². The largest absolute Gasteiger partial charge is 0.490 e. The van der Waals surface area contributed by atoms with Crippen LogP contribution in [0.25, 0.3) is 10.9 Å². The zero-order chi connectivity index (χ0) is 26.5. The third kappa shape index (κ3) is 6.00. The first-order valence-electron chi connectivity index (χ1n) is 13.0. The summed E-state index contributed by atoms with van der Waals surface area (Å²) in [5.41, 5.74) is -0.171. The van der Waals surface area contributed by atoms with E-state index in [-0.39, 0.29) is 18.0 Å². The summed E-state index contributed by atoms with van der Waals surface area (Å²) in [6.07, 6.45) is 2.03. The highest BCUT2D eigenvalue weighted by atomic mass is 16.5. The lowest BCUT2D eigenvalue weighted by atomic mass is 10.0. The number of nitrogens with zero attached hydrogens (tertiary/aromatic N) is 3. The van der Waals surface area contributed by atoms with E-state index in [0.717, 1.165) is 11.8 Å². The van der Waals surface area contributed by atoms with Crippen LogP contribution in [0.3, 0.4) is 0 Å². The van der Waals surface area contributed by atoms with Gasteiger partial charge in [0, 0.05) is 47.4 Å². The Labute approximate surface area is 205 Å². The number of carbonyl (C=O) groups excluding carboxylic acids is 1. The van der Waals surface area contributed by atoms with Crippen LogP contribution in [-0.4, -0.2) is 67.4 Å². The van der Waals surface area contributed by atoms with Gasteiger partial charge in [0.05, 0.1) is 18.2 Å². The Morgan fingerprint density at radius 3 is 2.74 bits per heavy atom. The maximum Gasteiger partial charge on any atom is 0.251 e. The van der Waals surface area contributed by atoms with Crippen LogP contribution in [0.5, 0.6) is 11.5 Å². The molecule has 0 aliphatic carbocycles. The van der Waals surface area contributed by atoms with Crippen molar-refractivity contribution in [2.45, 2.75) is 65.6 Å². The average Bonchev–Trinajstić information content (AvgIpc) is 3.25.